The number of rotatable bonds is 6. The first-order chi connectivity index (χ1) is 8.78. The maximum atomic E-state index is 2.99. The fourth-order valence-electron chi connectivity index (χ4n) is 6.41. The van der Waals surface area contributed by atoms with Crippen molar-refractivity contribution in [1.82, 2.24) is 0 Å². The van der Waals surface area contributed by atoms with Crippen molar-refractivity contribution < 1.29 is 0 Å². The topological polar surface area (TPSA) is 0 Å². The number of hydrogen-bond donors (Lipinski definition) is 0. The zero-order valence-corrected chi connectivity index (χ0v) is 14.0. The zero-order valence-electron chi connectivity index (χ0n) is 12.0. The van der Waals surface area contributed by atoms with Gasteiger partial charge in [0.2, 0.25) is 0 Å². The third kappa shape index (κ3) is 1.32. The zero-order chi connectivity index (χ0) is 12.0. The van der Waals surface area contributed by atoms with Crippen molar-refractivity contribution in [3.8, 4) is 0 Å². The van der Waals surface area contributed by atoms with Crippen LogP contribution in [0.5, 0.6) is 0 Å². The van der Waals surface area contributed by atoms with Crippen molar-refractivity contribution in [3.63, 3.8) is 0 Å². The van der Waals surface area contributed by atoms with Gasteiger partial charge in [-0.05, 0) is 27.7 Å². The summed E-state index contributed by atoms with van der Waals surface area (Å²) >= 11 is 0. The maximum Gasteiger partial charge on any atom is 0.0573 e. The van der Waals surface area contributed by atoms with E-state index in [1.165, 1.54) is 27.7 Å². The Morgan fingerprint density at radius 1 is 0.500 bits per heavy atom. The Balaban J connectivity index is 1.62. The van der Waals surface area contributed by atoms with Crippen LogP contribution in [0.2, 0.25) is 34.3 Å². The van der Waals surface area contributed by atoms with E-state index in [1.807, 2.05) is 0 Å². The molecule has 18 heavy (non-hydrogen) atoms. The molecule has 0 aliphatic heterocycles. The van der Waals surface area contributed by atoms with E-state index in [2.05, 4.69) is 6.55 Å². The molecule has 0 aromatic rings. The Morgan fingerprint density at radius 3 is 1.00 bits per heavy atom. The largest absolute Gasteiger partial charge is 0.0706 e. The van der Waals surface area contributed by atoms with E-state index in [1.54, 1.807) is 64.2 Å². The van der Waals surface area contributed by atoms with Crippen LogP contribution in [0.1, 0.15) is 64.2 Å². The molecule has 0 N–H and O–H groups in total. The van der Waals surface area contributed by atoms with E-state index in [4.69, 9.17) is 0 Å². The van der Waals surface area contributed by atoms with Gasteiger partial charge in [-0.15, -0.1) is 0 Å². The van der Waals surface area contributed by atoms with Crippen molar-refractivity contribution >= 4 is 15.2 Å². The molecule has 5 saturated carbocycles. The van der Waals surface area contributed by atoms with Gasteiger partial charge in [-0.3, -0.25) is 0 Å². The number of hydrogen-bond acceptors (Lipinski definition) is 0. The van der Waals surface area contributed by atoms with Gasteiger partial charge in [-0.1, -0.05) is 70.8 Å². The maximum absolute atomic E-state index is 2.99. The Labute approximate surface area is 114 Å². The van der Waals surface area contributed by atoms with Crippen LogP contribution in [-0.2, 0) is 0 Å². The third-order valence-corrected chi connectivity index (χ3v) is 31.5. The molecule has 0 aromatic heterocycles. The second-order valence-corrected chi connectivity index (χ2v) is 22.9. The first kappa shape index (κ1) is 11.1. The molecule has 0 aromatic carbocycles. The molecule has 0 radical (unpaired) electrons. The molecule has 0 heterocycles. The summed E-state index contributed by atoms with van der Waals surface area (Å²) in [5, 5.41) is 0. The van der Waals surface area contributed by atoms with Gasteiger partial charge in [-0.25, -0.2) is 0 Å². The minimum Gasteiger partial charge on any atom is -0.0706 e. The predicted octanol–water partition coefficient (Wildman–Crippen LogP) is 5.41. The quantitative estimate of drug-likeness (QED) is 0.569. The molecule has 5 aliphatic rings. The van der Waals surface area contributed by atoms with E-state index in [-0.39, 0.29) is 0 Å². The molecule has 0 unspecified atom stereocenters. The van der Waals surface area contributed by atoms with E-state index < -0.39 is 15.2 Å². The van der Waals surface area contributed by atoms with Gasteiger partial charge in [-0.2, -0.15) is 0 Å². The highest BCUT2D eigenvalue weighted by Crippen LogP contribution is 2.77. The molecular weight excluding hydrogens is 248 g/mol. The summed E-state index contributed by atoms with van der Waals surface area (Å²) in [5.74, 6) is 0. The molecule has 0 nitrogen and oxygen atoms in total. The summed E-state index contributed by atoms with van der Waals surface area (Å²) in [5.41, 5.74) is 6.80. The summed E-state index contributed by atoms with van der Waals surface area (Å²) < 4.78 is 0. The Morgan fingerprint density at radius 2 is 0.778 bits per heavy atom. The molecular formula is C16H28Si2. The van der Waals surface area contributed by atoms with Crippen LogP contribution in [0.4, 0.5) is 0 Å². The molecule has 0 atom stereocenters. The van der Waals surface area contributed by atoms with Crippen molar-refractivity contribution in [1.29, 1.82) is 0 Å². The van der Waals surface area contributed by atoms with E-state index in [0.717, 1.165) is 0 Å². The molecule has 0 saturated heterocycles. The van der Waals surface area contributed by atoms with Crippen LogP contribution >= 0.6 is 0 Å². The van der Waals surface area contributed by atoms with Crippen molar-refractivity contribution in [2.75, 3.05) is 0 Å². The fourth-order valence-corrected chi connectivity index (χ4v) is 35.7. The van der Waals surface area contributed by atoms with E-state index in [0.29, 0.717) is 0 Å². The normalized spacial score (nSPS) is 33.8. The summed E-state index contributed by atoms with van der Waals surface area (Å²) in [6, 6.07) is 0. The van der Waals surface area contributed by atoms with Gasteiger partial charge >= 0.3 is 0 Å². The first-order valence-corrected chi connectivity index (χ1v) is 14.7. The molecule has 5 aliphatic carbocycles. The molecule has 0 amide bonds. The van der Waals surface area contributed by atoms with Gasteiger partial charge < -0.3 is 0 Å². The van der Waals surface area contributed by atoms with Gasteiger partial charge in [0.05, 0.1) is 15.2 Å². The second-order valence-electron chi connectivity index (χ2n) is 8.59. The average molecular weight is 277 g/mol. The first-order valence-electron chi connectivity index (χ1n) is 8.78. The van der Waals surface area contributed by atoms with Gasteiger partial charge in [0.25, 0.3) is 0 Å². The Hall–Kier alpha value is 0.434. The highest BCUT2D eigenvalue weighted by Gasteiger charge is 2.75. The molecule has 0 bridgehead atoms. The second kappa shape index (κ2) is 3.36. The van der Waals surface area contributed by atoms with Crippen LogP contribution in [0, 0.1) is 0 Å². The lowest BCUT2D eigenvalue weighted by Gasteiger charge is -2.49. The molecule has 2 heteroatoms. The lowest BCUT2D eigenvalue weighted by atomic mass is 10.9. The fraction of sp³-hybridized carbons (Fsp3) is 1.00. The van der Waals surface area contributed by atoms with Gasteiger partial charge in [0, 0.05) is 0 Å². The lowest BCUT2D eigenvalue weighted by Crippen LogP contribution is -2.63. The summed E-state index contributed by atoms with van der Waals surface area (Å²) in [7, 11) is -1.63. The Bertz CT molecular complexity index is 327. The molecule has 5 fully saturated rings. The predicted molar refractivity (Wildman–Crippen MR) is 82.3 cm³/mol. The standard InChI is InChI=1S/C16H28Si2/c1-17(12-2-3-12,13-4-5-13)18(14-6-7-14,15-8-9-15)16-10-11-16/h12-16H,2-11H2,1H3. The van der Waals surface area contributed by atoms with E-state index >= 15 is 0 Å². The lowest BCUT2D eigenvalue weighted by molar-refractivity contribution is 1.10. The van der Waals surface area contributed by atoms with Gasteiger partial charge in [0.1, 0.15) is 0 Å². The van der Waals surface area contributed by atoms with Crippen LogP contribution in [0.15, 0.2) is 0 Å². The SMILES string of the molecule is C[Si](C1CC1)(C1CC1)[Si](C1CC1)(C1CC1)C1CC1. The van der Waals surface area contributed by atoms with Crippen molar-refractivity contribution in [2.45, 2.75) is 98.5 Å². The molecule has 0 spiro atoms. The highest BCUT2D eigenvalue weighted by atomic mass is 29.3. The van der Waals surface area contributed by atoms with E-state index in [9.17, 15) is 0 Å². The van der Waals surface area contributed by atoms with Crippen LogP contribution in [0.25, 0.3) is 0 Å². The third-order valence-electron chi connectivity index (χ3n) is 7.54. The van der Waals surface area contributed by atoms with Gasteiger partial charge in [0.15, 0.2) is 0 Å². The smallest absolute Gasteiger partial charge is 0.0573 e. The highest BCUT2D eigenvalue weighted by molar-refractivity contribution is 7.45. The minimum absolute atomic E-state index is 0.810. The van der Waals surface area contributed by atoms with Crippen LogP contribution in [0.3, 0.4) is 0 Å². The summed E-state index contributed by atoms with van der Waals surface area (Å²) in [6.45, 7) is 2.99. The minimum atomic E-state index is -0.824. The molecule has 5 rings (SSSR count). The van der Waals surface area contributed by atoms with Crippen molar-refractivity contribution in [2.24, 2.45) is 0 Å². The summed E-state index contributed by atoms with van der Waals surface area (Å²) in [6.07, 6.45) is 16.9. The van der Waals surface area contributed by atoms with Crippen LogP contribution in [-0.4, -0.2) is 15.2 Å². The molecule has 100 valence electrons. The summed E-state index contributed by atoms with van der Waals surface area (Å²) in [4.78, 5) is 0. The average Bonchev–Trinajstić information content (AvgIpc) is 3.18. The van der Waals surface area contributed by atoms with Crippen LogP contribution < -0.4 is 0 Å². The Kier molecular flexibility index (Phi) is 2.08. The van der Waals surface area contributed by atoms with Crippen molar-refractivity contribution in [3.05, 3.63) is 0 Å². The monoisotopic (exact) mass is 276 g/mol.